The van der Waals surface area contributed by atoms with Crippen molar-refractivity contribution in [1.82, 2.24) is 9.97 Å². The molecule has 0 aromatic carbocycles. The molecule has 1 fully saturated rings. The lowest BCUT2D eigenvalue weighted by Gasteiger charge is -2.33. The molecule has 2 rings (SSSR count). The van der Waals surface area contributed by atoms with Crippen LogP contribution < -0.4 is 4.90 Å². The summed E-state index contributed by atoms with van der Waals surface area (Å²) in [5, 5.41) is 0. The monoisotopic (exact) mass is 221 g/mol. The molecule has 0 bridgehead atoms. The highest BCUT2D eigenvalue weighted by Gasteiger charge is 2.30. The number of carbonyl (C=O) groups excluding carboxylic acids is 1. The van der Waals surface area contributed by atoms with Gasteiger partial charge in [-0.15, -0.1) is 0 Å². The first-order valence-corrected chi connectivity index (χ1v) is 5.44. The van der Waals surface area contributed by atoms with Gasteiger partial charge in [0.2, 0.25) is 5.95 Å². The molecule has 1 saturated heterocycles. The SMILES string of the molecule is COC(=O)C1CCCCN1c1ncccn1. The summed E-state index contributed by atoms with van der Waals surface area (Å²) in [4.78, 5) is 21.9. The first-order chi connectivity index (χ1) is 7.83. The van der Waals surface area contributed by atoms with Crippen molar-refractivity contribution >= 4 is 11.9 Å². The smallest absolute Gasteiger partial charge is 0.328 e. The number of rotatable bonds is 2. The number of hydrogen-bond donors (Lipinski definition) is 0. The van der Waals surface area contributed by atoms with Gasteiger partial charge in [0.25, 0.3) is 0 Å². The van der Waals surface area contributed by atoms with E-state index in [0.29, 0.717) is 5.95 Å². The van der Waals surface area contributed by atoms with Crippen LogP contribution in [0.1, 0.15) is 19.3 Å². The summed E-state index contributed by atoms with van der Waals surface area (Å²) in [6.07, 6.45) is 6.29. The van der Waals surface area contributed by atoms with E-state index in [-0.39, 0.29) is 12.0 Å². The van der Waals surface area contributed by atoms with Crippen LogP contribution in [-0.2, 0) is 9.53 Å². The number of carbonyl (C=O) groups is 1. The Morgan fingerprint density at radius 1 is 1.44 bits per heavy atom. The second-order valence-electron chi connectivity index (χ2n) is 3.78. The normalized spacial score (nSPS) is 20.6. The van der Waals surface area contributed by atoms with Gasteiger partial charge in [-0.1, -0.05) is 0 Å². The van der Waals surface area contributed by atoms with Crippen molar-refractivity contribution in [3.05, 3.63) is 18.5 Å². The number of anilines is 1. The Morgan fingerprint density at radius 3 is 2.88 bits per heavy atom. The van der Waals surface area contributed by atoms with Gasteiger partial charge in [0, 0.05) is 18.9 Å². The number of methoxy groups -OCH3 is 1. The highest BCUT2D eigenvalue weighted by Crippen LogP contribution is 2.21. The molecule has 0 amide bonds. The minimum absolute atomic E-state index is 0.202. The number of hydrogen-bond acceptors (Lipinski definition) is 5. The summed E-state index contributed by atoms with van der Waals surface area (Å²) in [5.74, 6) is 0.407. The number of nitrogens with zero attached hydrogens (tertiary/aromatic N) is 3. The van der Waals surface area contributed by atoms with Crippen LogP contribution in [0.5, 0.6) is 0 Å². The van der Waals surface area contributed by atoms with Crippen LogP contribution in [0.3, 0.4) is 0 Å². The fourth-order valence-corrected chi connectivity index (χ4v) is 1.99. The highest BCUT2D eigenvalue weighted by atomic mass is 16.5. The zero-order valence-electron chi connectivity index (χ0n) is 9.30. The Balaban J connectivity index is 2.20. The van der Waals surface area contributed by atoms with Crippen LogP contribution in [0, 0.1) is 0 Å². The van der Waals surface area contributed by atoms with Crippen LogP contribution in [0.15, 0.2) is 18.5 Å². The van der Waals surface area contributed by atoms with Crippen molar-refractivity contribution in [2.45, 2.75) is 25.3 Å². The van der Waals surface area contributed by atoms with E-state index in [1.807, 2.05) is 4.90 Å². The maximum absolute atomic E-state index is 11.6. The maximum atomic E-state index is 11.6. The lowest BCUT2D eigenvalue weighted by Crippen LogP contribution is -2.46. The molecule has 1 aliphatic heterocycles. The highest BCUT2D eigenvalue weighted by molar-refractivity contribution is 5.79. The van der Waals surface area contributed by atoms with Gasteiger partial charge in [0.15, 0.2) is 0 Å². The fourth-order valence-electron chi connectivity index (χ4n) is 1.99. The second-order valence-corrected chi connectivity index (χ2v) is 3.78. The van der Waals surface area contributed by atoms with Crippen LogP contribution in [0.4, 0.5) is 5.95 Å². The molecule has 5 heteroatoms. The number of piperidine rings is 1. The maximum Gasteiger partial charge on any atom is 0.328 e. The molecule has 1 unspecified atom stereocenters. The molecule has 86 valence electrons. The minimum Gasteiger partial charge on any atom is -0.467 e. The average Bonchev–Trinajstić information content (AvgIpc) is 2.39. The molecule has 5 nitrogen and oxygen atoms in total. The van der Waals surface area contributed by atoms with Crippen molar-refractivity contribution in [1.29, 1.82) is 0 Å². The first kappa shape index (κ1) is 10.9. The molecule has 0 aliphatic carbocycles. The second kappa shape index (κ2) is 4.92. The van der Waals surface area contributed by atoms with E-state index in [4.69, 9.17) is 4.74 Å². The van der Waals surface area contributed by atoms with Crippen molar-refractivity contribution in [2.75, 3.05) is 18.6 Å². The number of esters is 1. The zero-order valence-corrected chi connectivity index (χ0v) is 9.30. The van der Waals surface area contributed by atoms with Gasteiger partial charge in [0.05, 0.1) is 7.11 Å². The van der Waals surface area contributed by atoms with Crippen molar-refractivity contribution in [3.8, 4) is 0 Å². The van der Waals surface area contributed by atoms with Gasteiger partial charge >= 0.3 is 5.97 Å². The molecular weight excluding hydrogens is 206 g/mol. The molecule has 0 spiro atoms. The van der Waals surface area contributed by atoms with E-state index in [1.54, 1.807) is 18.5 Å². The number of ether oxygens (including phenoxy) is 1. The Kier molecular flexibility index (Phi) is 3.34. The van der Waals surface area contributed by atoms with E-state index >= 15 is 0 Å². The molecule has 1 aliphatic rings. The average molecular weight is 221 g/mol. The Bertz CT molecular complexity index is 356. The first-order valence-electron chi connectivity index (χ1n) is 5.44. The van der Waals surface area contributed by atoms with Crippen molar-refractivity contribution < 1.29 is 9.53 Å². The zero-order chi connectivity index (χ0) is 11.4. The molecule has 0 N–H and O–H groups in total. The molecule has 2 heterocycles. The predicted octanol–water partition coefficient (Wildman–Crippen LogP) is 1.01. The summed E-state index contributed by atoms with van der Waals surface area (Å²) in [5.41, 5.74) is 0. The van der Waals surface area contributed by atoms with Crippen molar-refractivity contribution in [3.63, 3.8) is 0 Å². The third-order valence-electron chi connectivity index (χ3n) is 2.79. The largest absolute Gasteiger partial charge is 0.467 e. The molecule has 0 radical (unpaired) electrons. The van der Waals surface area contributed by atoms with Crippen LogP contribution in [0.25, 0.3) is 0 Å². The predicted molar refractivity (Wildman–Crippen MR) is 59.0 cm³/mol. The molecule has 1 atom stereocenters. The van der Waals surface area contributed by atoms with Gasteiger partial charge in [-0.3, -0.25) is 0 Å². The van der Waals surface area contributed by atoms with Gasteiger partial charge in [-0.25, -0.2) is 14.8 Å². The summed E-state index contributed by atoms with van der Waals surface area (Å²) in [6, 6.07) is 1.53. The summed E-state index contributed by atoms with van der Waals surface area (Å²) >= 11 is 0. The van der Waals surface area contributed by atoms with E-state index in [0.717, 1.165) is 25.8 Å². The summed E-state index contributed by atoms with van der Waals surface area (Å²) in [6.45, 7) is 0.809. The van der Waals surface area contributed by atoms with Gasteiger partial charge < -0.3 is 9.64 Å². The molecule has 0 saturated carbocycles. The molecule has 16 heavy (non-hydrogen) atoms. The third kappa shape index (κ3) is 2.13. The summed E-state index contributed by atoms with van der Waals surface area (Å²) < 4.78 is 4.81. The van der Waals surface area contributed by atoms with Crippen LogP contribution >= 0.6 is 0 Å². The van der Waals surface area contributed by atoms with Crippen molar-refractivity contribution in [2.24, 2.45) is 0 Å². The Morgan fingerprint density at radius 2 is 2.19 bits per heavy atom. The topological polar surface area (TPSA) is 55.3 Å². The standard InChI is InChI=1S/C11H15N3O2/c1-16-10(15)9-5-2-3-8-14(9)11-12-6-4-7-13-11/h4,6-7,9H,2-3,5,8H2,1H3. The van der Waals surface area contributed by atoms with E-state index in [1.165, 1.54) is 7.11 Å². The Hall–Kier alpha value is -1.65. The molecular formula is C11H15N3O2. The van der Waals surface area contributed by atoms with Gasteiger partial charge in [0.1, 0.15) is 6.04 Å². The van der Waals surface area contributed by atoms with E-state index < -0.39 is 0 Å². The number of aromatic nitrogens is 2. The third-order valence-corrected chi connectivity index (χ3v) is 2.79. The van der Waals surface area contributed by atoms with Crippen LogP contribution in [0.2, 0.25) is 0 Å². The minimum atomic E-state index is -0.235. The summed E-state index contributed by atoms with van der Waals surface area (Å²) in [7, 11) is 1.42. The van der Waals surface area contributed by atoms with Crippen LogP contribution in [-0.4, -0.2) is 35.6 Å². The Labute approximate surface area is 94.5 Å². The quantitative estimate of drug-likeness (QED) is 0.697. The lowest BCUT2D eigenvalue weighted by atomic mass is 10.0. The van der Waals surface area contributed by atoms with Gasteiger partial charge in [-0.05, 0) is 25.3 Å². The van der Waals surface area contributed by atoms with E-state index in [2.05, 4.69) is 9.97 Å². The lowest BCUT2D eigenvalue weighted by molar-refractivity contribution is -0.142. The molecule has 1 aromatic heterocycles. The molecule has 1 aromatic rings. The fraction of sp³-hybridized carbons (Fsp3) is 0.545. The van der Waals surface area contributed by atoms with E-state index in [9.17, 15) is 4.79 Å². The van der Waals surface area contributed by atoms with Gasteiger partial charge in [-0.2, -0.15) is 0 Å².